The van der Waals surface area contributed by atoms with Crippen LogP contribution in [0.25, 0.3) is 0 Å². The first-order valence-electron chi connectivity index (χ1n) is 10.4. The Morgan fingerprint density at radius 2 is 2.07 bits per heavy atom. The number of rotatable bonds is 6. The number of nitrogens with one attached hydrogen (secondary N) is 1. The summed E-state index contributed by atoms with van der Waals surface area (Å²) in [4.78, 5) is 20.1. The Morgan fingerprint density at radius 1 is 1.26 bits per heavy atom. The highest BCUT2D eigenvalue weighted by Gasteiger charge is 2.47. The Morgan fingerprint density at radius 3 is 2.81 bits per heavy atom. The van der Waals surface area contributed by atoms with Crippen molar-refractivity contribution in [2.24, 2.45) is 0 Å². The van der Waals surface area contributed by atoms with Crippen molar-refractivity contribution in [3.8, 4) is 0 Å². The third-order valence-electron chi connectivity index (χ3n) is 6.35. The van der Waals surface area contributed by atoms with Crippen molar-refractivity contribution >= 4 is 5.91 Å². The Labute approximate surface area is 161 Å². The van der Waals surface area contributed by atoms with Gasteiger partial charge >= 0.3 is 0 Å². The molecule has 0 unspecified atom stereocenters. The van der Waals surface area contributed by atoms with E-state index < -0.39 is 0 Å². The van der Waals surface area contributed by atoms with E-state index in [1.165, 1.54) is 12.8 Å². The molecule has 1 N–H and O–H groups in total. The molecule has 1 aromatic rings. The van der Waals surface area contributed by atoms with Gasteiger partial charge < -0.3 is 14.8 Å². The summed E-state index contributed by atoms with van der Waals surface area (Å²) in [5, 5.41) is 3.31. The fraction of sp³-hybridized carbons (Fsp3) is 0.714. The molecule has 0 aromatic carbocycles. The van der Waals surface area contributed by atoms with Crippen molar-refractivity contribution in [1.29, 1.82) is 0 Å². The molecule has 1 aromatic heterocycles. The van der Waals surface area contributed by atoms with E-state index in [-0.39, 0.29) is 23.6 Å². The van der Waals surface area contributed by atoms with Crippen molar-refractivity contribution in [3.63, 3.8) is 0 Å². The molecule has 6 nitrogen and oxygen atoms in total. The molecule has 148 valence electrons. The molecule has 1 saturated carbocycles. The minimum Gasteiger partial charge on any atom is -0.379 e. The maximum absolute atomic E-state index is 13.4. The molecule has 2 saturated heterocycles. The summed E-state index contributed by atoms with van der Waals surface area (Å²) in [6.07, 6.45) is 9.21. The zero-order valence-electron chi connectivity index (χ0n) is 16.1. The number of hydrogen-bond acceptors (Lipinski definition) is 5. The quantitative estimate of drug-likeness (QED) is 0.829. The van der Waals surface area contributed by atoms with Crippen LogP contribution in [0.2, 0.25) is 0 Å². The number of pyridine rings is 1. The molecule has 0 radical (unpaired) electrons. The van der Waals surface area contributed by atoms with Crippen molar-refractivity contribution < 1.29 is 14.3 Å². The molecular weight excluding hydrogens is 342 g/mol. The highest BCUT2D eigenvalue weighted by molar-refractivity contribution is 5.87. The largest absolute Gasteiger partial charge is 0.379 e. The number of ether oxygens (including phenoxy) is 2. The van der Waals surface area contributed by atoms with Gasteiger partial charge in [-0.05, 0) is 57.3 Å². The third-order valence-corrected chi connectivity index (χ3v) is 6.35. The van der Waals surface area contributed by atoms with Gasteiger partial charge in [0.25, 0.3) is 0 Å². The normalized spacial score (nSPS) is 28.3. The molecule has 4 rings (SSSR count). The van der Waals surface area contributed by atoms with Gasteiger partial charge in [-0.25, -0.2) is 0 Å². The van der Waals surface area contributed by atoms with Gasteiger partial charge in [-0.1, -0.05) is 18.9 Å². The molecular formula is C21H31N3O3. The van der Waals surface area contributed by atoms with Gasteiger partial charge in [0.1, 0.15) is 5.54 Å². The van der Waals surface area contributed by atoms with Crippen LogP contribution in [0, 0.1) is 0 Å². The smallest absolute Gasteiger partial charge is 0.240 e. The lowest BCUT2D eigenvalue weighted by Gasteiger charge is -2.40. The first kappa shape index (κ1) is 18.8. The van der Waals surface area contributed by atoms with Gasteiger partial charge in [-0.15, -0.1) is 0 Å². The third kappa shape index (κ3) is 4.18. The van der Waals surface area contributed by atoms with E-state index in [0.29, 0.717) is 19.8 Å². The number of amides is 1. The number of nitrogens with zero attached hydrogens (tertiary/aromatic N) is 2. The van der Waals surface area contributed by atoms with E-state index >= 15 is 0 Å². The predicted molar refractivity (Wildman–Crippen MR) is 102 cm³/mol. The van der Waals surface area contributed by atoms with Crippen LogP contribution in [0.15, 0.2) is 24.4 Å². The molecule has 6 heteroatoms. The van der Waals surface area contributed by atoms with Crippen LogP contribution in [-0.2, 0) is 20.9 Å². The van der Waals surface area contributed by atoms with E-state index in [2.05, 4.69) is 15.2 Å². The van der Waals surface area contributed by atoms with Crippen LogP contribution in [0.4, 0.5) is 0 Å². The Balaban J connectivity index is 1.40. The molecule has 2 aliphatic heterocycles. The number of carbonyl (C=O) groups is 1. The highest BCUT2D eigenvalue weighted by atomic mass is 16.5. The number of hydrogen-bond donors (Lipinski definition) is 1. The van der Waals surface area contributed by atoms with E-state index in [1.54, 1.807) is 6.20 Å². The van der Waals surface area contributed by atoms with Crippen LogP contribution < -0.4 is 5.32 Å². The average Bonchev–Trinajstić information content (AvgIpc) is 3.40. The summed E-state index contributed by atoms with van der Waals surface area (Å²) in [6.45, 7) is 3.77. The Kier molecular flexibility index (Phi) is 6.05. The lowest BCUT2D eigenvalue weighted by Crippen LogP contribution is -2.61. The Bertz CT molecular complexity index is 612. The fourth-order valence-corrected chi connectivity index (χ4v) is 4.82. The van der Waals surface area contributed by atoms with Gasteiger partial charge in [-0.3, -0.25) is 14.7 Å². The maximum Gasteiger partial charge on any atom is 0.240 e. The van der Waals surface area contributed by atoms with Gasteiger partial charge in [0, 0.05) is 12.8 Å². The standard InChI is InChI=1S/C21H31N3O3/c25-20(21(9-2-3-10-21)24-12-5-6-13-24)23-18-16-26-14-8-19(18)27-15-17-7-1-4-11-22-17/h1,4,7,11,18-19H,2-3,5-6,8-10,12-16H2,(H,23,25)/t18-,19+/m1/s1. The molecule has 0 bridgehead atoms. The summed E-state index contributed by atoms with van der Waals surface area (Å²) in [5.41, 5.74) is 0.609. The van der Waals surface area contributed by atoms with Crippen molar-refractivity contribution in [3.05, 3.63) is 30.1 Å². The van der Waals surface area contributed by atoms with E-state index in [4.69, 9.17) is 9.47 Å². The molecule has 1 aliphatic carbocycles. The fourth-order valence-electron chi connectivity index (χ4n) is 4.82. The van der Waals surface area contributed by atoms with Gasteiger partial charge in [-0.2, -0.15) is 0 Å². The van der Waals surface area contributed by atoms with Crippen LogP contribution in [0.3, 0.4) is 0 Å². The lowest BCUT2D eigenvalue weighted by molar-refractivity contribution is -0.138. The number of carbonyl (C=O) groups excluding carboxylic acids is 1. The molecule has 3 heterocycles. The van der Waals surface area contributed by atoms with E-state index in [0.717, 1.165) is 50.9 Å². The Hall–Kier alpha value is -1.50. The van der Waals surface area contributed by atoms with Crippen LogP contribution >= 0.6 is 0 Å². The van der Waals surface area contributed by atoms with Gasteiger partial charge in [0.2, 0.25) is 5.91 Å². The zero-order valence-corrected chi connectivity index (χ0v) is 16.1. The van der Waals surface area contributed by atoms with Crippen LogP contribution in [0.5, 0.6) is 0 Å². The second-order valence-electron chi connectivity index (χ2n) is 8.05. The van der Waals surface area contributed by atoms with Crippen LogP contribution in [0.1, 0.15) is 50.6 Å². The van der Waals surface area contributed by atoms with Crippen molar-refractivity contribution in [2.45, 2.75) is 69.2 Å². The SMILES string of the molecule is O=C(N[C@@H]1COCC[C@@H]1OCc1ccccn1)C1(N2CCCC2)CCCC1. The number of aromatic nitrogens is 1. The molecule has 3 aliphatic rings. The summed E-state index contributed by atoms with van der Waals surface area (Å²) in [5.74, 6) is 0.184. The predicted octanol–water partition coefficient (Wildman–Crippen LogP) is 2.28. The summed E-state index contributed by atoms with van der Waals surface area (Å²) >= 11 is 0. The minimum atomic E-state index is -0.306. The van der Waals surface area contributed by atoms with E-state index in [1.807, 2.05) is 18.2 Å². The second kappa shape index (κ2) is 8.67. The van der Waals surface area contributed by atoms with Crippen LogP contribution in [-0.4, -0.2) is 59.8 Å². The minimum absolute atomic E-state index is 0.0262. The highest BCUT2D eigenvalue weighted by Crippen LogP contribution is 2.38. The molecule has 0 spiro atoms. The topological polar surface area (TPSA) is 63.7 Å². The second-order valence-corrected chi connectivity index (χ2v) is 8.05. The average molecular weight is 373 g/mol. The molecule has 27 heavy (non-hydrogen) atoms. The molecule has 2 atom stereocenters. The van der Waals surface area contributed by atoms with Crippen molar-refractivity contribution in [1.82, 2.24) is 15.2 Å². The summed E-state index contributed by atoms with van der Waals surface area (Å²) in [6, 6.07) is 5.75. The molecule has 1 amide bonds. The number of likely N-dealkylation sites (tertiary alicyclic amines) is 1. The monoisotopic (exact) mass is 373 g/mol. The lowest BCUT2D eigenvalue weighted by atomic mass is 9.93. The zero-order chi connectivity index (χ0) is 18.5. The summed E-state index contributed by atoms with van der Waals surface area (Å²) in [7, 11) is 0. The first-order chi connectivity index (χ1) is 13.3. The van der Waals surface area contributed by atoms with Crippen molar-refractivity contribution in [2.75, 3.05) is 26.3 Å². The molecule has 3 fully saturated rings. The van der Waals surface area contributed by atoms with Gasteiger partial charge in [0.05, 0.1) is 31.1 Å². The maximum atomic E-state index is 13.4. The first-order valence-corrected chi connectivity index (χ1v) is 10.4. The van der Waals surface area contributed by atoms with Gasteiger partial charge in [0.15, 0.2) is 0 Å². The van der Waals surface area contributed by atoms with E-state index in [9.17, 15) is 4.79 Å². The summed E-state index contributed by atoms with van der Waals surface area (Å²) < 4.78 is 11.8.